The molecule has 0 heterocycles. The van der Waals surface area contributed by atoms with Crippen molar-refractivity contribution in [2.45, 2.75) is 6.92 Å². The van der Waals surface area contributed by atoms with Crippen molar-refractivity contribution < 1.29 is 9.50 Å². The van der Waals surface area contributed by atoms with Crippen LogP contribution in [-0.4, -0.2) is 30.1 Å². The van der Waals surface area contributed by atoms with Gasteiger partial charge in [0.15, 0.2) is 0 Å². The van der Waals surface area contributed by atoms with Gasteiger partial charge in [-0.3, -0.25) is 0 Å². The van der Waals surface area contributed by atoms with Crippen LogP contribution < -0.4 is 0 Å². The predicted molar refractivity (Wildman–Crippen MR) is 62.4 cm³/mol. The van der Waals surface area contributed by atoms with E-state index in [2.05, 4.69) is 13.2 Å². The van der Waals surface area contributed by atoms with Gasteiger partial charge in [-0.1, -0.05) is 26.2 Å². The fourth-order valence-electron chi connectivity index (χ4n) is 0.772. The molecule has 0 unspecified atom stereocenters. The van der Waals surface area contributed by atoms with Crippen LogP contribution in [0.2, 0.25) is 0 Å². The number of hydrogen-bond donors (Lipinski definition) is 1. The molecular weight excluding hydrogens is 193 g/mol. The summed E-state index contributed by atoms with van der Waals surface area (Å²) in [5.41, 5.74) is 0.181. The zero-order valence-electron chi connectivity index (χ0n) is 9.33. The lowest BCUT2D eigenvalue weighted by Gasteiger charge is -2.09. The number of aliphatic hydroxyl groups excluding tert-OH is 1. The van der Waals surface area contributed by atoms with Crippen LogP contribution in [0.25, 0.3) is 0 Å². The van der Waals surface area contributed by atoms with Crippen molar-refractivity contribution in [3.05, 3.63) is 48.5 Å². The Morgan fingerprint density at radius 2 is 2.07 bits per heavy atom. The van der Waals surface area contributed by atoms with E-state index in [1.54, 1.807) is 6.08 Å². The van der Waals surface area contributed by atoms with Gasteiger partial charge in [0.25, 0.3) is 0 Å². The summed E-state index contributed by atoms with van der Waals surface area (Å²) in [5, 5.41) is 8.88. The van der Waals surface area contributed by atoms with Crippen LogP contribution in [0.5, 0.6) is 0 Å². The van der Waals surface area contributed by atoms with E-state index in [1.165, 1.54) is 6.08 Å². The van der Waals surface area contributed by atoms with Gasteiger partial charge in [0.1, 0.15) is 11.6 Å². The maximum Gasteiger partial charge on any atom is 0.123 e. The Kier molecular flexibility index (Phi) is 6.38. The first-order valence-corrected chi connectivity index (χ1v) is 4.76. The van der Waals surface area contributed by atoms with Crippen LogP contribution in [0.15, 0.2) is 48.5 Å². The summed E-state index contributed by atoms with van der Waals surface area (Å²) < 4.78 is 13.1. The monoisotopic (exact) mass is 211 g/mol. The van der Waals surface area contributed by atoms with Crippen LogP contribution in [0.4, 0.5) is 4.39 Å². The van der Waals surface area contributed by atoms with Gasteiger partial charge in [-0.05, 0) is 25.7 Å². The molecule has 0 rings (SSSR count). The SMILES string of the molecule is C=C(O)C(=C)/C=C(F)\C=C/CN(C)CC. The molecule has 1 N–H and O–H groups in total. The molecule has 0 aliphatic carbocycles. The molecule has 0 aromatic carbocycles. The minimum Gasteiger partial charge on any atom is -0.508 e. The van der Waals surface area contributed by atoms with Gasteiger partial charge in [-0.2, -0.15) is 0 Å². The second-order valence-electron chi connectivity index (χ2n) is 3.26. The number of allylic oxidation sites excluding steroid dienone is 3. The minimum atomic E-state index is -0.445. The van der Waals surface area contributed by atoms with Crippen LogP contribution in [0, 0.1) is 0 Å². The highest BCUT2D eigenvalue weighted by Gasteiger charge is 1.95. The topological polar surface area (TPSA) is 23.5 Å². The Hall–Kier alpha value is -1.35. The predicted octanol–water partition coefficient (Wildman–Crippen LogP) is 2.98. The number of rotatable bonds is 6. The Morgan fingerprint density at radius 3 is 2.53 bits per heavy atom. The van der Waals surface area contributed by atoms with Crippen molar-refractivity contribution >= 4 is 0 Å². The summed E-state index contributed by atoms with van der Waals surface area (Å²) in [6.45, 7) is 10.3. The molecule has 0 fully saturated rings. The molecule has 0 saturated carbocycles. The van der Waals surface area contributed by atoms with Crippen LogP contribution in [0.3, 0.4) is 0 Å². The normalized spacial score (nSPS) is 12.4. The molecule has 2 nitrogen and oxygen atoms in total. The molecule has 0 bridgehead atoms. The summed E-state index contributed by atoms with van der Waals surface area (Å²) in [6, 6.07) is 0. The van der Waals surface area contributed by atoms with Gasteiger partial charge in [0.05, 0.1) is 0 Å². The average Bonchev–Trinajstić information content (AvgIpc) is 2.17. The summed E-state index contributed by atoms with van der Waals surface area (Å²) >= 11 is 0. The molecule has 0 aromatic rings. The maximum atomic E-state index is 13.1. The molecular formula is C12H18FNO. The van der Waals surface area contributed by atoms with Gasteiger partial charge < -0.3 is 10.0 Å². The van der Waals surface area contributed by atoms with E-state index >= 15 is 0 Å². The molecule has 0 amide bonds. The van der Waals surface area contributed by atoms with E-state index < -0.39 is 5.83 Å². The van der Waals surface area contributed by atoms with E-state index in [4.69, 9.17) is 5.11 Å². The van der Waals surface area contributed by atoms with Gasteiger partial charge in [-0.15, -0.1) is 0 Å². The molecule has 0 atom stereocenters. The zero-order valence-corrected chi connectivity index (χ0v) is 9.33. The molecule has 3 heteroatoms. The first-order chi connectivity index (χ1) is 6.97. The number of aliphatic hydroxyl groups is 1. The van der Waals surface area contributed by atoms with Crippen molar-refractivity contribution in [3.8, 4) is 0 Å². The van der Waals surface area contributed by atoms with E-state index in [0.717, 1.165) is 12.6 Å². The first-order valence-electron chi connectivity index (χ1n) is 4.76. The molecule has 0 radical (unpaired) electrons. The third-order valence-electron chi connectivity index (χ3n) is 1.92. The fraction of sp³-hybridized carbons (Fsp3) is 0.333. The maximum absolute atomic E-state index is 13.1. The first kappa shape index (κ1) is 13.7. The smallest absolute Gasteiger partial charge is 0.123 e. The van der Waals surface area contributed by atoms with Gasteiger partial charge in [-0.25, -0.2) is 4.39 Å². The van der Waals surface area contributed by atoms with Gasteiger partial charge >= 0.3 is 0 Å². The Bertz CT molecular complexity index is 292. The number of likely N-dealkylation sites (N-methyl/N-ethyl adjacent to an activating group) is 1. The lowest BCUT2D eigenvalue weighted by atomic mass is 10.2. The highest BCUT2D eigenvalue weighted by molar-refractivity contribution is 5.34. The molecule has 0 aromatic heterocycles. The van der Waals surface area contributed by atoms with Crippen LogP contribution in [-0.2, 0) is 0 Å². The van der Waals surface area contributed by atoms with Crippen LogP contribution in [0.1, 0.15) is 6.92 Å². The summed E-state index contributed by atoms with van der Waals surface area (Å²) in [4.78, 5) is 2.03. The molecule has 0 saturated heterocycles. The zero-order chi connectivity index (χ0) is 11.8. The number of nitrogens with zero attached hydrogens (tertiary/aromatic N) is 1. The quantitative estimate of drug-likeness (QED) is 0.539. The third kappa shape index (κ3) is 6.69. The third-order valence-corrected chi connectivity index (χ3v) is 1.92. The van der Waals surface area contributed by atoms with Gasteiger partial charge in [0.2, 0.25) is 0 Å². The highest BCUT2D eigenvalue weighted by atomic mass is 19.1. The standard InChI is InChI=1S/C12H18FNO/c1-5-14(4)8-6-7-12(13)9-10(2)11(3)15/h6-7,9,15H,2-3,5,8H2,1,4H3/b7-6-,12-9+. The van der Waals surface area contributed by atoms with Crippen molar-refractivity contribution in [2.75, 3.05) is 20.1 Å². The highest BCUT2D eigenvalue weighted by Crippen LogP contribution is 2.08. The van der Waals surface area contributed by atoms with Gasteiger partial charge in [0, 0.05) is 12.1 Å². The van der Waals surface area contributed by atoms with Crippen molar-refractivity contribution in [2.24, 2.45) is 0 Å². The Labute approximate surface area is 90.7 Å². The second-order valence-corrected chi connectivity index (χ2v) is 3.26. The largest absolute Gasteiger partial charge is 0.508 e. The van der Waals surface area contributed by atoms with Crippen molar-refractivity contribution in [1.82, 2.24) is 4.90 Å². The Balaban J connectivity index is 4.18. The van der Waals surface area contributed by atoms with Crippen molar-refractivity contribution in [3.63, 3.8) is 0 Å². The number of halogens is 1. The summed E-state index contributed by atoms with van der Waals surface area (Å²) in [7, 11) is 1.94. The number of hydrogen-bond acceptors (Lipinski definition) is 2. The van der Waals surface area contributed by atoms with E-state index in [1.807, 2.05) is 18.9 Å². The van der Waals surface area contributed by atoms with Crippen LogP contribution >= 0.6 is 0 Å². The fourth-order valence-corrected chi connectivity index (χ4v) is 0.772. The molecule has 0 aliphatic heterocycles. The van der Waals surface area contributed by atoms with E-state index in [-0.39, 0.29) is 11.3 Å². The second kappa shape index (κ2) is 7.01. The summed E-state index contributed by atoms with van der Waals surface area (Å²) in [6.07, 6.45) is 4.20. The Morgan fingerprint density at radius 1 is 1.47 bits per heavy atom. The summed E-state index contributed by atoms with van der Waals surface area (Å²) in [5.74, 6) is -0.663. The average molecular weight is 211 g/mol. The van der Waals surface area contributed by atoms with E-state index in [0.29, 0.717) is 6.54 Å². The molecule has 0 spiro atoms. The lowest BCUT2D eigenvalue weighted by Crippen LogP contribution is -2.16. The minimum absolute atomic E-state index is 0.181. The lowest BCUT2D eigenvalue weighted by molar-refractivity contribution is 0.392. The molecule has 15 heavy (non-hydrogen) atoms. The van der Waals surface area contributed by atoms with E-state index in [9.17, 15) is 4.39 Å². The molecule has 0 aliphatic rings. The van der Waals surface area contributed by atoms with Crippen molar-refractivity contribution in [1.29, 1.82) is 0 Å². The molecule has 84 valence electrons.